The van der Waals surface area contributed by atoms with E-state index >= 15 is 0 Å². The molecule has 0 rings (SSSR count). The number of rotatable bonds is 54. The van der Waals surface area contributed by atoms with E-state index in [9.17, 15) is 19.0 Å². The quantitative estimate of drug-likeness (QED) is 0.0195. The van der Waals surface area contributed by atoms with E-state index < -0.39 is 32.5 Å². The van der Waals surface area contributed by atoms with Crippen LogP contribution in [0, 0.1) is 0 Å². The minimum absolute atomic E-state index is 0.0398. The molecule has 10 heteroatoms. The maximum atomic E-state index is 12.8. The van der Waals surface area contributed by atoms with Crippen LogP contribution in [0.4, 0.5) is 0 Å². The molecule has 0 heterocycles. The summed E-state index contributed by atoms with van der Waals surface area (Å²) in [5, 5.41) is 0. The third kappa shape index (κ3) is 59.7. The Balaban J connectivity index is 4.00. The maximum Gasteiger partial charge on any atom is 0.306 e. The summed E-state index contributed by atoms with van der Waals surface area (Å²) in [7, 11) is 1.14. The highest BCUT2D eigenvalue weighted by Crippen LogP contribution is 2.38. The van der Waals surface area contributed by atoms with Crippen molar-refractivity contribution >= 4 is 19.8 Å². The number of ether oxygens (including phenoxy) is 2. The van der Waals surface area contributed by atoms with Crippen molar-refractivity contribution in [2.75, 3.05) is 47.5 Å². The van der Waals surface area contributed by atoms with Crippen molar-refractivity contribution in [2.45, 2.75) is 238 Å². The van der Waals surface area contributed by atoms with E-state index in [2.05, 4.69) is 135 Å². The monoisotopic (exact) mass is 1080 g/mol. The van der Waals surface area contributed by atoms with Gasteiger partial charge in [0.1, 0.15) is 19.8 Å². The highest BCUT2D eigenvalue weighted by Gasteiger charge is 2.21. The number of hydrogen-bond acceptors (Lipinski definition) is 8. The van der Waals surface area contributed by atoms with Crippen molar-refractivity contribution in [1.29, 1.82) is 0 Å². The molecule has 0 aliphatic carbocycles. The number of carbonyl (C=O) groups excluding carboxylic acids is 2. The van der Waals surface area contributed by atoms with E-state index in [1.165, 1.54) is 89.9 Å². The molecule has 0 aliphatic rings. The lowest BCUT2D eigenvalue weighted by molar-refractivity contribution is -0.870. The van der Waals surface area contributed by atoms with Crippen molar-refractivity contribution in [2.24, 2.45) is 0 Å². The molecule has 2 atom stereocenters. The predicted molar refractivity (Wildman–Crippen MR) is 323 cm³/mol. The standard InChI is InChI=1S/C66H112NO8P/c1-6-8-10-12-14-16-18-20-21-22-23-24-25-26-27-28-29-30-31-32-33-34-35-36-37-38-39-40-41-42-43-44-45-47-49-51-53-55-57-59-66(69)75-64(63-74-76(70,71)73-61-60-67(3,4)5)62-72-65(68)58-56-54-52-50-48-46-19-17-15-13-11-9-7-2/h8-11,14-17,20-21,23-24,26-27,29-30,32-33,46,48,64H,6-7,12-13,18-19,22,25,28,31,34-45,47,49-63H2,1-5H3/b10-8-,11-9-,16-14-,17-15-,21-20-,24-23-,27-26-,30-29-,33-32-,48-46-. The van der Waals surface area contributed by atoms with Gasteiger partial charge >= 0.3 is 11.9 Å². The zero-order valence-electron chi connectivity index (χ0n) is 49.2. The SMILES string of the molecule is CC/C=C\C/C=C\C/C=C\C/C=C\C/C=C\C/C=C\C/C=C\CCCCCCCCCCCCCCCCCCCC(=O)OC(COC(=O)CCCCC/C=C\C/C=C\C/C=C\CC)COP(=O)([O-])OCC[N+](C)(C)C. The van der Waals surface area contributed by atoms with Crippen LogP contribution in [0.25, 0.3) is 0 Å². The number of quaternary nitrogens is 1. The molecule has 0 bridgehead atoms. The van der Waals surface area contributed by atoms with Gasteiger partial charge in [0.25, 0.3) is 7.82 Å². The van der Waals surface area contributed by atoms with Crippen molar-refractivity contribution in [3.63, 3.8) is 0 Å². The number of phosphoric ester groups is 1. The summed E-state index contributed by atoms with van der Waals surface area (Å²) in [5.41, 5.74) is 0. The van der Waals surface area contributed by atoms with Crippen LogP contribution in [0.5, 0.6) is 0 Å². The molecular weight excluding hydrogens is 966 g/mol. The normalized spacial score (nSPS) is 14.1. The van der Waals surface area contributed by atoms with Crippen molar-refractivity contribution in [1.82, 2.24) is 0 Å². The molecule has 9 nitrogen and oxygen atoms in total. The molecule has 0 spiro atoms. The van der Waals surface area contributed by atoms with Gasteiger partial charge < -0.3 is 27.9 Å². The summed E-state index contributed by atoms with van der Waals surface area (Å²) < 4.78 is 34.1. The molecule has 2 unspecified atom stereocenters. The molecule has 0 aromatic heterocycles. The summed E-state index contributed by atoms with van der Waals surface area (Å²) >= 11 is 0. The number of esters is 2. The minimum atomic E-state index is -4.64. The lowest BCUT2D eigenvalue weighted by atomic mass is 10.0. The Morgan fingerprint density at radius 1 is 0.408 bits per heavy atom. The fourth-order valence-electron chi connectivity index (χ4n) is 7.89. The molecule has 0 fully saturated rings. The first-order valence-electron chi connectivity index (χ1n) is 30.2. The van der Waals surface area contributed by atoms with Gasteiger partial charge in [-0.05, 0) is 103 Å². The number of unbranched alkanes of at least 4 members (excludes halogenated alkanes) is 20. The number of allylic oxidation sites excluding steroid dienone is 20. The summed E-state index contributed by atoms with van der Waals surface area (Å²) in [6.45, 7) is 3.96. The fourth-order valence-corrected chi connectivity index (χ4v) is 8.61. The molecule has 0 radical (unpaired) electrons. The van der Waals surface area contributed by atoms with E-state index in [0.29, 0.717) is 23.9 Å². The second-order valence-electron chi connectivity index (χ2n) is 20.9. The highest BCUT2D eigenvalue weighted by atomic mass is 31.2. The van der Waals surface area contributed by atoms with Crippen LogP contribution in [-0.2, 0) is 32.7 Å². The third-order valence-corrected chi connectivity index (χ3v) is 13.4. The van der Waals surface area contributed by atoms with E-state index in [-0.39, 0.29) is 26.1 Å². The molecule has 0 aromatic rings. The maximum absolute atomic E-state index is 12.8. The molecule has 434 valence electrons. The summed E-state index contributed by atoms with van der Waals surface area (Å²) in [5.74, 6) is -0.871. The number of hydrogen-bond donors (Lipinski definition) is 0. The van der Waals surface area contributed by atoms with Gasteiger partial charge in [-0.1, -0.05) is 238 Å². The van der Waals surface area contributed by atoms with Crippen LogP contribution < -0.4 is 4.89 Å². The van der Waals surface area contributed by atoms with Crippen LogP contribution in [0.15, 0.2) is 122 Å². The van der Waals surface area contributed by atoms with Gasteiger partial charge in [-0.2, -0.15) is 0 Å². The highest BCUT2D eigenvalue weighted by molar-refractivity contribution is 7.45. The lowest BCUT2D eigenvalue weighted by Crippen LogP contribution is -2.37. The van der Waals surface area contributed by atoms with Crippen LogP contribution in [0.3, 0.4) is 0 Å². The Kier molecular flexibility index (Phi) is 53.5. The zero-order valence-corrected chi connectivity index (χ0v) is 50.0. The third-order valence-electron chi connectivity index (χ3n) is 12.5. The van der Waals surface area contributed by atoms with Crippen molar-refractivity contribution < 1.29 is 42.1 Å². The van der Waals surface area contributed by atoms with Gasteiger partial charge in [0, 0.05) is 12.8 Å². The molecule has 0 saturated carbocycles. The van der Waals surface area contributed by atoms with Gasteiger partial charge in [0.15, 0.2) is 6.10 Å². The average molecular weight is 1080 g/mol. The van der Waals surface area contributed by atoms with Gasteiger partial charge in [-0.25, -0.2) is 0 Å². The van der Waals surface area contributed by atoms with Crippen LogP contribution >= 0.6 is 7.82 Å². The summed E-state index contributed by atoms with van der Waals surface area (Å²) in [4.78, 5) is 37.8. The number of carbonyl (C=O) groups is 2. The molecule has 76 heavy (non-hydrogen) atoms. The first-order valence-corrected chi connectivity index (χ1v) is 31.7. The summed E-state index contributed by atoms with van der Waals surface area (Å²) in [6.07, 6.45) is 79.9. The van der Waals surface area contributed by atoms with Crippen LogP contribution in [-0.4, -0.2) is 70.0 Å². The van der Waals surface area contributed by atoms with E-state index in [4.69, 9.17) is 18.5 Å². The largest absolute Gasteiger partial charge is 0.756 e. The topological polar surface area (TPSA) is 111 Å². The first-order chi connectivity index (χ1) is 37.0. The van der Waals surface area contributed by atoms with Crippen LogP contribution in [0.2, 0.25) is 0 Å². The number of nitrogens with zero attached hydrogens (tertiary/aromatic N) is 1. The molecule has 0 N–H and O–H groups in total. The van der Waals surface area contributed by atoms with Gasteiger partial charge in [0.05, 0.1) is 27.7 Å². The minimum Gasteiger partial charge on any atom is -0.756 e. The van der Waals surface area contributed by atoms with Gasteiger partial charge in [-0.3, -0.25) is 14.2 Å². The smallest absolute Gasteiger partial charge is 0.306 e. The second kappa shape index (κ2) is 56.1. The van der Waals surface area contributed by atoms with Gasteiger partial charge in [0.2, 0.25) is 0 Å². The summed E-state index contributed by atoms with van der Waals surface area (Å²) in [6, 6.07) is 0. The molecule has 0 saturated heterocycles. The van der Waals surface area contributed by atoms with Gasteiger partial charge in [-0.15, -0.1) is 0 Å². The number of likely N-dealkylation sites (N-methyl/N-ethyl adjacent to an activating group) is 1. The molecule has 0 amide bonds. The number of phosphoric acid groups is 1. The van der Waals surface area contributed by atoms with Crippen LogP contribution in [0.1, 0.15) is 232 Å². The Hall–Kier alpha value is -3.59. The lowest BCUT2D eigenvalue weighted by Gasteiger charge is -2.28. The Morgan fingerprint density at radius 2 is 0.711 bits per heavy atom. The molecule has 0 aromatic carbocycles. The predicted octanol–water partition coefficient (Wildman–Crippen LogP) is 18.5. The molecular formula is C66H112NO8P. The Labute approximate surface area is 467 Å². The second-order valence-corrected chi connectivity index (χ2v) is 22.4. The first kappa shape index (κ1) is 72.4. The van der Waals surface area contributed by atoms with Crippen molar-refractivity contribution in [3.05, 3.63) is 122 Å². The van der Waals surface area contributed by atoms with E-state index in [1.807, 2.05) is 21.1 Å². The molecule has 0 aliphatic heterocycles. The van der Waals surface area contributed by atoms with E-state index in [0.717, 1.165) is 103 Å². The van der Waals surface area contributed by atoms with E-state index in [1.54, 1.807) is 0 Å². The Bertz CT molecular complexity index is 1700. The zero-order chi connectivity index (χ0) is 55.6. The average Bonchev–Trinajstić information content (AvgIpc) is 3.38. The Morgan fingerprint density at radius 3 is 1.07 bits per heavy atom. The van der Waals surface area contributed by atoms with Crippen molar-refractivity contribution in [3.8, 4) is 0 Å². The fraction of sp³-hybridized carbons (Fsp3) is 0.667.